The van der Waals surface area contributed by atoms with Crippen LogP contribution in [0.4, 0.5) is 11.5 Å². The van der Waals surface area contributed by atoms with Crippen LogP contribution in [0.1, 0.15) is 15.9 Å². The maximum atomic E-state index is 12.4. The maximum Gasteiger partial charge on any atom is 0.271 e. The zero-order chi connectivity index (χ0) is 16.3. The molecule has 110 valence electrons. The van der Waals surface area contributed by atoms with E-state index >= 15 is 0 Å². The van der Waals surface area contributed by atoms with Crippen molar-refractivity contribution in [3.63, 3.8) is 0 Å². The van der Waals surface area contributed by atoms with Gasteiger partial charge in [-0.2, -0.15) is 5.26 Å². The molecule has 0 saturated carbocycles. The van der Waals surface area contributed by atoms with Gasteiger partial charge in [-0.25, -0.2) is 4.98 Å². The van der Waals surface area contributed by atoms with Crippen molar-refractivity contribution in [3.8, 4) is 6.07 Å². The Balaban J connectivity index is 2.44. The molecule has 0 bridgehead atoms. The first-order valence-electron chi connectivity index (χ1n) is 6.02. The Morgan fingerprint density at radius 3 is 2.82 bits per heavy atom. The van der Waals surface area contributed by atoms with Crippen LogP contribution in [0.3, 0.4) is 0 Å². The van der Waals surface area contributed by atoms with Gasteiger partial charge in [-0.3, -0.25) is 19.8 Å². The number of carbonyl (C=O) groups excluding carboxylic acids is 1. The van der Waals surface area contributed by atoms with E-state index in [2.05, 4.69) is 4.98 Å². The molecular formula is C14H9ClN4O3. The monoisotopic (exact) mass is 316 g/mol. The zero-order valence-corrected chi connectivity index (χ0v) is 12.1. The van der Waals surface area contributed by atoms with Crippen LogP contribution in [0.5, 0.6) is 0 Å². The normalized spacial score (nSPS) is 9.86. The molecule has 1 amide bonds. The van der Waals surface area contributed by atoms with Crippen LogP contribution in [0.2, 0.25) is 5.02 Å². The Morgan fingerprint density at radius 1 is 1.45 bits per heavy atom. The van der Waals surface area contributed by atoms with Gasteiger partial charge in [0.2, 0.25) is 0 Å². The molecule has 22 heavy (non-hydrogen) atoms. The van der Waals surface area contributed by atoms with Gasteiger partial charge in [0.05, 0.1) is 10.5 Å². The number of rotatable bonds is 3. The first kappa shape index (κ1) is 15.4. The summed E-state index contributed by atoms with van der Waals surface area (Å²) in [5, 5.41) is 20.0. The average molecular weight is 317 g/mol. The fraction of sp³-hybridized carbons (Fsp3) is 0.0714. The Kier molecular flexibility index (Phi) is 4.34. The first-order valence-corrected chi connectivity index (χ1v) is 6.40. The summed E-state index contributed by atoms with van der Waals surface area (Å²) >= 11 is 5.80. The number of aromatic nitrogens is 1. The third kappa shape index (κ3) is 3.02. The maximum absolute atomic E-state index is 12.4. The fourth-order valence-corrected chi connectivity index (χ4v) is 2.07. The second-order valence-electron chi connectivity index (χ2n) is 4.31. The SMILES string of the molecule is CN(C(=O)c1cc(Cl)cc([N+](=O)[O-])c1)c1ncccc1C#N. The number of hydrogen-bond donors (Lipinski definition) is 0. The fourth-order valence-electron chi connectivity index (χ4n) is 1.84. The largest absolute Gasteiger partial charge is 0.295 e. The first-order chi connectivity index (χ1) is 10.4. The highest BCUT2D eigenvalue weighted by Crippen LogP contribution is 2.23. The number of nitro benzene ring substituents is 1. The molecule has 1 aromatic heterocycles. The molecule has 0 aliphatic rings. The smallest absolute Gasteiger partial charge is 0.271 e. The van der Waals surface area contributed by atoms with Gasteiger partial charge in [0.15, 0.2) is 5.82 Å². The van der Waals surface area contributed by atoms with Crippen molar-refractivity contribution >= 4 is 29.0 Å². The number of anilines is 1. The summed E-state index contributed by atoms with van der Waals surface area (Å²) in [5.74, 6) is -0.390. The van der Waals surface area contributed by atoms with Crippen molar-refractivity contribution in [2.75, 3.05) is 11.9 Å². The van der Waals surface area contributed by atoms with E-state index in [-0.39, 0.29) is 27.7 Å². The number of nitriles is 1. The Morgan fingerprint density at radius 2 is 2.18 bits per heavy atom. The van der Waals surface area contributed by atoms with Gasteiger partial charge in [0.1, 0.15) is 6.07 Å². The third-order valence-corrected chi connectivity index (χ3v) is 3.09. The van der Waals surface area contributed by atoms with Gasteiger partial charge < -0.3 is 0 Å². The Labute approximate surface area is 130 Å². The molecule has 0 aliphatic carbocycles. The number of carbonyl (C=O) groups is 1. The molecule has 0 aliphatic heterocycles. The van der Waals surface area contributed by atoms with Crippen molar-refractivity contribution in [2.45, 2.75) is 0 Å². The van der Waals surface area contributed by atoms with Gasteiger partial charge in [-0.05, 0) is 18.2 Å². The summed E-state index contributed by atoms with van der Waals surface area (Å²) in [6.45, 7) is 0. The molecule has 1 aromatic carbocycles. The highest BCUT2D eigenvalue weighted by Gasteiger charge is 2.20. The van der Waals surface area contributed by atoms with E-state index in [9.17, 15) is 14.9 Å². The molecule has 0 unspecified atom stereocenters. The van der Waals surface area contributed by atoms with Crippen LogP contribution in [0.25, 0.3) is 0 Å². The molecule has 2 rings (SSSR count). The quantitative estimate of drug-likeness (QED) is 0.640. The van der Waals surface area contributed by atoms with Gasteiger partial charge >= 0.3 is 0 Å². The third-order valence-electron chi connectivity index (χ3n) is 2.87. The molecule has 1 heterocycles. The van der Waals surface area contributed by atoms with Crippen LogP contribution >= 0.6 is 11.6 Å². The van der Waals surface area contributed by atoms with Crippen LogP contribution in [-0.2, 0) is 0 Å². The standard InChI is InChI=1S/C14H9ClN4O3/c1-18(13-9(8-16)3-2-4-17-13)14(20)10-5-11(15)7-12(6-10)19(21)22/h2-7H,1H3. The van der Waals surface area contributed by atoms with Gasteiger partial charge in [-0.1, -0.05) is 11.6 Å². The highest BCUT2D eigenvalue weighted by molar-refractivity contribution is 6.31. The van der Waals surface area contributed by atoms with Crippen LogP contribution in [0.15, 0.2) is 36.5 Å². The van der Waals surface area contributed by atoms with E-state index in [0.717, 1.165) is 17.0 Å². The lowest BCUT2D eigenvalue weighted by atomic mass is 10.1. The zero-order valence-electron chi connectivity index (χ0n) is 11.4. The van der Waals surface area contributed by atoms with Crippen molar-refractivity contribution in [1.82, 2.24) is 4.98 Å². The van der Waals surface area contributed by atoms with Gasteiger partial charge in [0.25, 0.3) is 11.6 Å². The number of halogens is 1. The molecule has 0 fully saturated rings. The lowest BCUT2D eigenvalue weighted by Gasteiger charge is -2.17. The summed E-state index contributed by atoms with van der Waals surface area (Å²) in [6.07, 6.45) is 1.44. The molecule has 0 atom stereocenters. The predicted molar refractivity (Wildman–Crippen MR) is 79.8 cm³/mol. The topological polar surface area (TPSA) is 100 Å². The minimum absolute atomic E-state index is 0.0382. The molecule has 0 N–H and O–H groups in total. The van der Waals surface area contributed by atoms with E-state index in [4.69, 9.17) is 16.9 Å². The van der Waals surface area contributed by atoms with Crippen LogP contribution in [-0.4, -0.2) is 22.9 Å². The second kappa shape index (κ2) is 6.20. The average Bonchev–Trinajstić information content (AvgIpc) is 2.52. The lowest BCUT2D eigenvalue weighted by molar-refractivity contribution is -0.384. The minimum Gasteiger partial charge on any atom is -0.295 e. The molecule has 8 heteroatoms. The van der Waals surface area contributed by atoms with E-state index in [1.54, 1.807) is 6.07 Å². The van der Waals surface area contributed by atoms with E-state index in [1.807, 2.05) is 6.07 Å². The number of benzene rings is 1. The molecule has 0 radical (unpaired) electrons. The Hall–Kier alpha value is -2.98. The number of amides is 1. The van der Waals surface area contributed by atoms with E-state index < -0.39 is 10.8 Å². The van der Waals surface area contributed by atoms with Crippen molar-refractivity contribution in [1.29, 1.82) is 5.26 Å². The lowest BCUT2D eigenvalue weighted by Crippen LogP contribution is -2.28. The number of nitrogens with zero attached hydrogens (tertiary/aromatic N) is 4. The van der Waals surface area contributed by atoms with Crippen molar-refractivity contribution in [2.24, 2.45) is 0 Å². The predicted octanol–water partition coefficient (Wildman–Crippen LogP) is 2.79. The molecule has 0 spiro atoms. The van der Waals surface area contributed by atoms with Gasteiger partial charge in [-0.15, -0.1) is 0 Å². The molecule has 0 saturated heterocycles. The van der Waals surface area contributed by atoms with E-state index in [0.29, 0.717) is 0 Å². The Bertz CT molecular complexity index is 801. The van der Waals surface area contributed by atoms with Crippen molar-refractivity contribution in [3.05, 3.63) is 62.8 Å². The summed E-state index contributed by atoms with van der Waals surface area (Å²) in [5.41, 5.74) is -0.0306. The molecule has 7 nitrogen and oxygen atoms in total. The number of pyridine rings is 1. The second-order valence-corrected chi connectivity index (χ2v) is 4.74. The van der Waals surface area contributed by atoms with Crippen LogP contribution in [0, 0.1) is 21.4 Å². The van der Waals surface area contributed by atoms with E-state index in [1.165, 1.54) is 25.4 Å². The summed E-state index contributed by atoms with van der Waals surface area (Å²) in [6, 6.07) is 8.63. The number of nitro groups is 1. The van der Waals surface area contributed by atoms with Gasteiger partial charge in [0, 0.05) is 36.0 Å². The molecular weight excluding hydrogens is 308 g/mol. The highest BCUT2D eigenvalue weighted by atomic mass is 35.5. The number of non-ortho nitro benzene ring substituents is 1. The number of hydrogen-bond acceptors (Lipinski definition) is 5. The van der Waals surface area contributed by atoms with Crippen LogP contribution < -0.4 is 4.90 Å². The summed E-state index contributed by atoms with van der Waals surface area (Å²) in [7, 11) is 1.43. The summed E-state index contributed by atoms with van der Waals surface area (Å²) < 4.78 is 0. The summed E-state index contributed by atoms with van der Waals surface area (Å²) in [4.78, 5) is 27.8. The van der Waals surface area contributed by atoms with Crippen molar-refractivity contribution < 1.29 is 9.72 Å². The minimum atomic E-state index is -0.635. The molecule has 2 aromatic rings.